The van der Waals surface area contributed by atoms with Gasteiger partial charge in [0.25, 0.3) is 0 Å². The first kappa shape index (κ1) is 11.4. The quantitative estimate of drug-likeness (QED) is 0.644. The molecule has 0 radical (unpaired) electrons. The van der Waals surface area contributed by atoms with Crippen LogP contribution in [0.3, 0.4) is 0 Å². The van der Waals surface area contributed by atoms with Crippen LogP contribution in [0.2, 0.25) is 0 Å². The molecular formula is C13H28N2+2. The fraction of sp³-hybridized carbons (Fsp3) is 1.00. The normalized spacial score (nSPS) is 25.6. The first-order chi connectivity index (χ1) is 7.45. The average molecular weight is 212 g/mol. The molecule has 88 valence electrons. The predicted octanol–water partition coefficient (Wildman–Crippen LogP) is -0.191. The lowest BCUT2D eigenvalue weighted by atomic mass is 9.86. The summed E-state index contributed by atoms with van der Waals surface area (Å²) in [5.41, 5.74) is 0. The van der Waals surface area contributed by atoms with Crippen LogP contribution in [-0.4, -0.2) is 32.7 Å². The summed E-state index contributed by atoms with van der Waals surface area (Å²) < 4.78 is 0. The maximum atomic E-state index is 2.46. The molecule has 0 aromatic carbocycles. The highest BCUT2D eigenvalue weighted by Crippen LogP contribution is 2.26. The van der Waals surface area contributed by atoms with Crippen molar-refractivity contribution < 1.29 is 10.2 Å². The van der Waals surface area contributed by atoms with E-state index in [9.17, 15) is 0 Å². The first-order valence-electron chi connectivity index (χ1n) is 7.10. The van der Waals surface area contributed by atoms with Crippen molar-refractivity contribution in [3.63, 3.8) is 0 Å². The highest BCUT2D eigenvalue weighted by Gasteiger charge is 2.17. The summed E-state index contributed by atoms with van der Waals surface area (Å²) in [6.45, 7) is 6.98. The number of hydrogen-bond acceptors (Lipinski definition) is 0. The second-order valence-electron chi connectivity index (χ2n) is 5.51. The molecule has 2 fully saturated rings. The fourth-order valence-corrected chi connectivity index (χ4v) is 3.25. The lowest BCUT2D eigenvalue weighted by Crippen LogP contribution is -3.20. The molecule has 2 aliphatic rings. The van der Waals surface area contributed by atoms with Crippen LogP contribution in [0.1, 0.15) is 44.9 Å². The molecule has 2 heteroatoms. The number of hydrogen-bond donors (Lipinski definition) is 2. The molecule has 1 saturated heterocycles. The Kier molecular flexibility index (Phi) is 4.94. The van der Waals surface area contributed by atoms with Crippen LogP contribution in [0.4, 0.5) is 0 Å². The van der Waals surface area contributed by atoms with Gasteiger partial charge in [-0.05, 0) is 18.8 Å². The predicted molar refractivity (Wildman–Crippen MR) is 63.0 cm³/mol. The smallest absolute Gasteiger partial charge is 0.127 e. The van der Waals surface area contributed by atoms with E-state index < -0.39 is 0 Å². The molecule has 1 saturated carbocycles. The van der Waals surface area contributed by atoms with E-state index in [0.29, 0.717) is 0 Å². The van der Waals surface area contributed by atoms with Gasteiger partial charge in [0.1, 0.15) is 26.2 Å². The SMILES string of the molecule is C1CCC(CCC[NH+]2CC[NH2+]CC2)CC1. The van der Waals surface area contributed by atoms with Crippen LogP contribution >= 0.6 is 0 Å². The molecule has 0 atom stereocenters. The van der Waals surface area contributed by atoms with Gasteiger partial charge in [-0.3, -0.25) is 0 Å². The van der Waals surface area contributed by atoms with Crippen LogP contribution in [0, 0.1) is 5.92 Å². The summed E-state index contributed by atoms with van der Waals surface area (Å²) in [5, 5.41) is 2.46. The van der Waals surface area contributed by atoms with Gasteiger partial charge >= 0.3 is 0 Å². The summed E-state index contributed by atoms with van der Waals surface area (Å²) in [6.07, 6.45) is 10.6. The van der Waals surface area contributed by atoms with Crippen LogP contribution in [0.5, 0.6) is 0 Å². The molecule has 1 aliphatic carbocycles. The zero-order valence-corrected chi connectivity index (χ0v) is 10.1. The molecule has 15 heavy (non-hydrogen) atoms. The van der Waals surface area contributed by atoms with Gasteiger partial charge in [0.05, 0.1) is 6.54 Å². The van der Waals surface area contributed by atoms with Crippen molar-refractivity contribution in [2.45, 2.75) is 44.9 Å². The van der Waals surface area contributed by atoms with Gasteiger partial charge in [-0.15, -0.1) is 0 Å². The zero-order chi connectivity index (χ0) is 10.3. The van der Waals surface area contributed by atoms with E-state index in [1.807, 2.05) is 4.90 Å². The third-order valence-electron chi connectivity index (χ3n) is 4.27. The van der Waals surface area contributed by atoms with Gasteiger partial charge in [0.15, 0.2) is 0 Å². The van der Waals surface area contributed by atoms with Crippen molar-refractivity contribution in [2.24, 2.45) is 5.92 Å². The Morgan fingerprint density at radius 1 is 1.00 bits per heavy atom. The van der Waals surface area contributed by atoms with Crippen molar-refractivity contribution >= 4 is 0 Å². The minimum absolute atomic E-state index is 1.09. The molecule has 1 heterocycles. The second-order valence-corrected chi connectivity index (χ2v) is 5.51. The maximum Gasteiger partial charge on any atom is 0.127 e. The molecule has 0 amide bonds. The summed E-state index contributed by atoms with van der Waals surface area (Å²) in [5.74, 6) is 1.09. The summed E-state index contributed by atoms with van der Waals surface area (Å²) in [6, 6.07) is 0. The molecule has 2 nitrogen and oxygen atoms in total. The average Bonchev–Trinajstić information content (AvgIpc) is 2.32. The topological polar surface area (TPSA) is 21.1 Å². The summed E-state index contributed by atoms with van der Waals surface area (Å²) >= 11 is 0. The number of piperazine rings is 1. The fourth-order valence-electron chi connectivity index (χ4n) is 3.25. The van der Waals surface area contributed by atoms with Crippen molar-refractivity contribution in [2.75, 3.05) is 32.7 Å². The minimum Gasteiger partial charge on any atom is -0.337 e. The van der Waals surface area contributed by atoms with Crippen LogP contribution in [0.25, 0.3) is 0 Å². The Balaban J connectivity index is 1.53. The minimum atomic E-state index is 1.09. The lowest BCUT2D eigenvalue weighted by Gasteiger charge is -2.24. The Labute approximate surface area is 94.4 Å². The van der Waals surface area contributed by atoms with E-state index >= 15 is 0 Å². The number of nitrogens with one attached hydrogen (secondary N) is 1. The second kappa shape index (κ2) is 6.49. The van der Waals surface area contributed by atoms with Gasteiger partial charge in [-0.25, -0.2) is 0 Å². The number of rotatable bonds is 4. The van der Waals surface area contributed by atoms with Crippen molar-refractivity contribution in [1.29, 1.82) is 0 Å². The Morgan fingerprint density at radius 2 is 1.73 bits per heavy atom. The van der Waals surface area contributed by atoms with Crippen LogP contribution in [-0.2, 0) is 0 Å². The third-order valence-corrected chi connectivity index (χ3v) is 4.27. The van der Waals surface area contributed by atoms with Gasteiger partial charge in [-0.2, -0.15) is 0 Å². The molecule has 3 N–H and O–H groups in total. The van der Waals surface area contributed by atoms with Gasteiger partial charge in [-0.1, -0.05) is 32.1 Å². The molecule has 0 bridgehead atoms. The van der Waals surface area contributed by atoms with Gasteiger partial charge < -0.3 is 10.2 Å². The third kappa shape index (κ3) is 4.12. The van der Waals surface area contributed by atoms with Crippen molar-refractivity contribution in [1.82, 2.24) is 0 Å². The van der Waals surface area contributed by atoms with E-state index in [4.69, 9.17) is 0 Å². The number of quaternary nitrogens is 2. The number of nitrogens with two attached hydrogens (primary N) is 1. The lowest BCUT2D eigenvalue weighted by molar-refractivity contribution is -0.947. The van der Waals surface area contributed by atoms with Crippen molar-refractivity contribution in [3.05, 3.63) is 0 Å². The van der Waals surface area contributed by atoms with E-state index in [-0.39, 0.29) is 0 Å². The van der Waals surface area contributed by atoms with Crippen LogP contribution < -0.4 is 10.2 Å². The van der Waals surface area contributed by atoms with E-state index in [2.05, 4.69) is 5.32 Å². The van der Waals surface area contributed by atoms with E-state index in [0.717, 1.165) is 5.92 Å². The largest absolute Gasteiger partial charge is 0.337 e. The van der Waals surface area contributed by atoms with Crippen molar-refractivity contribution in [3.8, 4) is 0 Å². The van der Waals surface area contributed by atoms with Gasteiger partial charge in [0.2, 0.25) is 0 Å². The molecule has 0 aromatic heterocycles. The standard InChI is InChI=1S/C13H26N2/c1-2-5-13(6-3-1)7-4-10-15-11-8-14-9-12-15/h13-14H,1-12H2/p+2. The zero-order valence-electron chi connectivity index (χ0n) is 10.1. The molecule has 1 aliphatic heterocycles. The Morgan fingerprint density at radius 3 is 2.47 bits per heavy atom. The van der Waals surface area contributed by atoms with Crippen LogP contribution in [0.15, 0.2) is 0 Å². The molecule has 2 rings (SSSR count). The maximum absolute atomic E-state index is 2.46. The summed E-state index contributed by atoms with van der Waals surface area (Å²) in [7, 11) is 0. The monoisotopic (exact) mass is 212 g/mol. The molecular weight excluding hydrogens is 184 g/mol. The highest BCUT2D eigenvalue weighted by molar-refractivity contribution is 4.65. The van der Waals surface area contributed by atoms with Gasteiger partial charge in [0, 0.05) is 0 Å². The molecule has 0 spiro atoms. The summed E-state index contributed by atoms with van der Waals surface area (Å²) in [4.78, 5) is 1.87. The Bertz CT molecular complexity index is 140. The van der Waals surface area contributed by atoms with E-state index in [1.165, 1.54) is 77.7 Å². The van der Waals surface area contributed by atoms with E-state index in [1.54, 1.807) is 0 Å². The first-order valence-corrected chi connectivity index (χ1v) is 7.10. The Hall–Kier alpha value is -0.0800. The molecule has 0 unspecified atom stereocenters. The molecule has 0 aromatic rings. The highest BCUT2D eigenvalue weighted by atomic mass is 15.2.